The Balaban J connectivity index is 2.01. The minimum atomic E-state index is 0.744. The third kappa shape index (κ3) is 3.42. The smallest absolute Gasteiger partial charge is 0.197 e. The Hall–Kier alpha value is -1.11. The average molecular weight is 266 g/mol. The van der Waals surface area contributed by atoms with Crippen LogP contribution in [0.25, 0.3) is 0 Å². The van der Waals surface area contributed by atoms with Crippen LogP contribution in [0, 0.1) is 13.8 Å². The molecule has 0 aliphatic rings. The summed E-state index contributed by atoms with van der Waals surface area (Å²) in [7, 11) is 0. The Morgan fingerprint density at radius 2 is 2.24 bits per heavy atom. The van der Waals surface area contributed by atoms with E-state index in [1.165, 1.54) is 10.4 Å². The molecule has 0 radical (unpaired) electrons. The van der Waals surface area contributed by atoms with Crippen LogP contribution in [0.2, 0.25) is 0 Å². The van der Waals surface area contributed by atoms with E-state index >= 15 is 0 Å². The van der Waals surface area contributed by atoms with Gasteiger partial charge in [-0.2, -0.15) is 0 Å². The highest BCUT2D eigenvalue weighted by Crippen LogP contribution is 2.26. The second-order valence-electron chi connectivity index (χ2n) is 3.69. The molecule has 2 heterocycles. The van der Waals surface area contributed by atoms with Crippen LogP contribution in [0.1, 0.15) is 16.1 Å². The van der Waals surface area contributed by atoms with E-state index in [4.69, 9.17) is 5.84 Å². The van der Waals surface area contributed by atoms with Gasteiger partial charge in [-0.25, -0.2) is 15.8 Å². The van der Waals surface area contributed by atoms with Crippen LogP contribution in [0.5, 0.6) is 0 Å². The third-order valence-corrected chi connectivity index (χ3v) is 4.19. The van der Waals surface area contributed by atoms with Crippen molar-refractivity contribution in [1.29, 1.82) is 0 Å². The second kappa shape index (κ2) is 5.48. The van der Waals surface area contributed by atoms with Crippen LogP contribution in [-0.4, -0.2) is 9.97 Å². The van der Waals surface area contributed by atoms with Crippen molar-refractivity contribution in [2.24, 2.45) is 5.84 Å². The third-order valence-electron chi connectivity index (χ3n) is 2.11. The van der Waals surface area contributed by atoms with Crippen molar-refractivity contribution in [2.75, 3.05) is 5.43 Å². The van der Waals surface area contributed by atoms with Crippen molar-refractivity contribution in [1.82, 2.24) is 9.97 Å². The number of hydrogen-bond acceptors (Lipinski definition) is 6. The summed E-state index contributed by atoms with van der Waals surface area (Å²) in [6, 6.07) is 4.17. The van der Waals surface area contributed by atoms with E-state index < -0.39 is 0 Å². The molecule has 90 valence electrons. The summed E-state index contributed by atoms with van der Waals surface area (Å²) in [5, 5.41) is 1.80. The van der Waals surface area contributed by atoms with Gasteiger partial charge in [-0.05, 0) is 31.5 Å². The Kier molecular flexibility index (Phi) is 3.98. The molecule has 0 atom stereocenters. The van der Waals surface area contributed by atoms with Gasteiger partial charge in [0.2, 0.25) is 0 Å². The lowest BCUT2D eigenvalue weighted by atomic mass is 10.3. The number of nitrogen functional groups attached to an aromatic ring is 1. The number of aryl methyl sites for hydroxylation is 2. The number of hydrazine groups is 1. The van der Waals surface area contributed by atoms with E-state index in [9.17, 15) is 0 Å². The predicted octanol–water partition coefficient (Wildman–Crippen LogP) is 2.73. The summed E-state index contributed by atoms with van der Waals surface area (Å²) in [4.78, 5) is 9.80. The van der Waals surface area contributed by atoms with Crippen LogP contribution in [-0.2, 0) is 5.75 Å². The summed E-state index contributed by atoms with van der Waals surface area (Å²) in [5.74, 6) is 6.16. The molecule has 0 amide bonds. The molecule has 0 aromatic carbocycles. The zero-order chi connectivity index (χ0) is 12.3. The van der Waals surface area contributed by atoms with Crippen LogP contribution >= 0.6 is 23.1 Å². The zero-order valence-corrected chi connectivity index (χ0v) is 11.4. The number of nitrogens with two attached hydrogens (primary N) is 1. The maximum atomic E-state index is 5.29. The van der Waals surface area contributed by atoms with Crippen LogP contribution < -0.4 is 11.3 Å². The van der Waals surface area contributed by atoms with E-state index in [2.05, 4.69) is 34.5 Å². The van der Waals surface area contributed by atoms with Gasteiger partial charge >= 0.3 is 0 Å². The van der Waals surface area contributed by atoms with Crippen molar-refractivity contribution in [2.45, 2.75) is 24.6 Å². The molecule has 0 spiro atoms. The number of thioether (sulfide) groups is 1. The Labute approximate surface area is 109 Å². The standard InChI is InChI=1S/C11H14N4S2/c1-7-3-8(2)14-10(4-7)16-6-9-5-13-11(15-12)17-9/h3-5H,6,12H2,1-2H3,(H,13,15). The molecular weight excluding hydrogens is 252 g/mol. The number of nitrogens with one attached hydrogen (secondary N) is 1. The lowest BCUT2D eigenvalue weighted by Crippen LogP contribution is -2.05. The SMILES string of the molecule is Cc1cc(C)nc(SCc2cnc(NN)s2)c1. The molecule has 0 saturated carbocycles. The fourth-order valence-electron chi connectivity index (χ4n) is 1.46. The number of pyridine rings is 1. The van der Waals surface area contributed by atoms with Gasteiger partial charge in [-0.1, -0.05) is 0 Å². The van der Waals surface area contributed by atoms with E-state index in [-0.39, 0.29) is 0 Å². The molecule has 17 heavy (non-hydrogen) atoms. The van der Waals surface area contributed by atoms with Crippen LogP contribution in [0.3, 0.4) is 0 Å². The van der Waals surface area contributed by atoms with Crippen molar-refractivity contribution in [3.8, 4) is 0 Å². The van der Waals surface area contributed by atoms with Gasteiger partial charge in [-0.3, -0.25) is 5.43 Å². The number of aromatic nitrogens is 2. The highest BCUT2D eigenvalue weighted by molar-refractivity contribution is 7.98. The molecule has 0 saturated heterocycles. The van der Waals surface area contributed by atoms with Gasteiger partial charge in [-0.15, -0.1) is 23.1 Å². The van der Waals surface area contributed by atoms with Crippen molar-refractivity contribution in [3.05, 3.63) is 34.5 Å². The van der Waals surface area contributed by atoms with Crippen molar-refractivity contribution >= 4 is 28.2 Å². The molecule has 2 rings (SSSR count). The van der Waals surface area contributed by atoms with Gasteiger partial charge in [0.25, 0.3) is 0 Å². The molecule has 6 heteroatoms. The molecular formula is C11H14N4S2. The normalized spacial score (nSPS) is 10.5. The highest BCUT2D eigenvalue weighted by atomic mass is 32.2. The highest BCUT2D eigenvalue weighted by Gasteiger charge is 2.03. The first kappa shape index (κ1) is 12.3. The van der Waals surface area contributed by atoms with Crippen LogP contribution in [0.15, 0.2) is 23.4 Å². The van der Waals surface area contributed by atoms with Crippen molar-refractivity contribution in [3.63, 3.8) is 0 Å². The summed E-state index contributed by atoms with van der Waals surface area (Å²) in [6.07, 6.45) is 1.84. The first-order valence-electron chi connectivity index (χ1n) is 5.17. The molecule has 4 nitrogen and oxygen atoms in total. The number of rotatable bonds is 4. The molecule has 0 fully saturated rings. The predicted molar refractivity (Wildman–Crippen MR) is 73.2 cm³/mol. The van der Waals surface area contributed by atoms with E-state index in [0.717, 1.165) is 21.6 Å². The second-order valence-corrected chi connectivity index (χ2v) is 5.80. The Morgan fingerprint density at radius 3 is 2.88 bits per heavy atom. The Bertz CT molecular complexity index is 490. The van der Waals surface area contributed by atoms with Gasteiger partial charge in [0.1, 0.15) is 0 Å². The van der Waals surface area contributed by atoms with Gasteiger partial charge in [0, 0.05) is 22.5 Å². The quantitative estimate of drug-likeness (QED) is 0.506. The van der Waals surface area contributed by atoms with E-state index in [0.29, 0.717) is 0 Å². The summed E-state index contributed by atoms with van der Waals surface area (Å²) in [6.45, 7) is 4.10. The molecule has 3 N–H and O–H groups in total. The number of thiazole rings is 1. The maximum absolute atomic E-state index is 5.29. The monoisotopic (exact) mass is 266 g/mol. The Morgan fingerprint density at radius 1 is 1.41 bits per heavy atom. The number of hydrogen-bond donors (Lipinski definition) is 2. The lowest BCUT2D eigenvalue weighted by molar-refractivity contribution is 1.05. The van der Waals surface area contributed by atoms with Gasteiger partial charge < -0.3 is 0 Å². The van der Waals surface area contributed by atoms with E-state index in [1.54, 1.807) is 23.1 Å². The lowest BCUT2D eigenvalue weighted by Gasteiger charge is -2.02. The molecule has 0 bridgehead atoms. The molecule has 0 unspecified atom stereocenters. The number of nitrogens with zero attached hydrogens (tertiary/aromatic N) is 2. The van der Waals surface area contributed by atoms with E-state index in [1.807, 2.05) is 13.1 Å². The largest absolute Gasteiger partial charge is 0.300 e. The minimum Gasteiger partial charge on any atom is -0.300 e. The molecule has 0 aliphatic carbocycles. The fourth-order valence-corrected chi connectivity index (χ4v) is 3.24. The zero-order valence-electron chi connectivity index (χ0n) is 9.73. The number of anilines is 1. The van der Waals surface area contributed by atoms with Crippen molar-refractivity contribution < 1.29 is 0 Å². The summed E-state index contributed by atoms with van der Waals surface area (Å²) in [5.41, 5.74) is 4.85. The maximum Gasteiger partial charge on any atom is 0.197 e. The summed E-state index contributed by atoms with van der Waals surface area (Å²) >= 11 is 3.28. The van der Waals surface area contributed by atoms with Gasteiger partial charge in [0.05, 0.1) is 5.03 Å². The molecule has 0 aliphatic heterocycles. The molecule has 2 aromatic rings. The fraction of sp³-hybridized carbons (Fsp3) is 0.273. The molecule has 2 aromatic heterocycles. The van der Waals surface area contributed by atoms with Gasteiger partial charge in [0.15, 0.2) is 5.13 Å². The topological polar surface area (TPSA) is 63.8 Å². The first-order chi connectivity index (χ1) is 8.17. The summed E-state index contributed by atoms with van der Waals surface area (Å²) < 4.78 is 0. The van der Waals surface area contributed by atoms with Crippen LogP contribution in [0.4, 0.5) is 5.13 Å². The minimum absolute atomic E-state index is 0.744. The first-order valence-corrected chi connectivity index (χ1v) is 6.97. The average Bonchev–Trinajstić information content (AvgIpc) is 2.73.